The van der Waals surface area contributed by atoms with Gasteiger partial charge in [-0.25, -0.2) is 9.78 Å². The Hall–Kier alpha value is -1.91. The Balaban J connectivity index is 1.56. The molecule has 4 aliphatic carbocycles. The first kappa shape index (κ1) is 15.6. The molecule has 4 saturated carbocycles. The fourth-order valence-corrected chi connectivity index (χ4v) is 5.75. The maximum absolute atomic E-state index is 12.9. The second kappa shape index (κ2) is 5.57. The molecule has 128 valence electrons. The highest BCUT2D eigenvalue weighted by Crippen LogP contribution is 2.55. The van der Waals surface area contributed by atoms with Crippen molar-refractivity contribution >= 4 is 11.9 Å². The summed E-state index contributed by atoms with van der Waals surface area (Å²) in [5.41, 5.74) is 0.907. The predicted molar refractivity (Wildman–Crippen MR) is 88.9 cm³/mol. The van der Waals surface area contributed by atoms with E-state index >= 15 is 0 Å². The number of aromatic carboxylic acids is 1. The summed E-state index contributed by atoms with van der Waals surface area (Å²) in [5, 5.41) is 9.11. The van der Waals surface area contributed by atoms with Crippen LogP contribution in [-0.2, 0) is 0 Å². The molecule has 0 aromatic carbocycles. The zero-order valence-corrected chi connectivity index (χ0v) is 14.2. The molecule has 5 nitrogen and oxygen atoms in total. The first-order valence-electron chi connectivity index (χ1n) is 8.92. The van der Waals surface area contributed by atoms with Crippen LogP contribution in [0.25, 0.3) is 0 Å². The van der Waals surface area contributed by atoms with Crippen molar-refractivity contribution in [2.45, 2.75) is 45.1 Å². The number of aromatic nitrogens is 1. The third kappa shape index (κ3) is 2.41. The lowest BCUT2D eigenvalue weighted by atomic mass is 9.54. The highest BCUT2D eigenvalue weighted by atomic mass is 16.4. The van der Waals surface area contributed by atoms with Crippen LogP contribution in [0.5, 0.6) is 0 Å². The number of nitrogens with zero attached hydrogens (tertiary/aromatic N) is 2. The van der Waals surface area contributed by atoms with Crippen molar-refractivity contribution < 1.29 is 14.7 Å². The lowest BCUT2D eigenvalue weighted by Gasteiger charge is -2.56. The Kier molecular flexibility index (Phi) is 3.62. The molecule has 4 bridgehead atoms. The van der Waals surface area contributed by atoms with E-state index in [1.54, 1.807) is 13.0 Å². The number of hydrogen-bond acceptors (Lipinski definition) is 3. The summed E-state index contributed by atoms with van der Waals surface area (Å²) in [6.45, 7) is 1.64. The molecule has 4 aliphatic rings. The smallest absolute Gasteiger partial charge is 0.337 e. The van der Waals surface area contributed by atoms with Crippen LogP contribution < -0.4 is 0 Å². The van der Waals surface area contributed by atoms with Crippen molar-refractivity contribution in [1.29, 1.82) is 0 Å². The molecule has 0 atom stereocenters. The van der Waals surface area contributed by atoms with Crippen LogP contribution in [0.3, 0.4) is 0 Å². The number of carboxylic acid groups (broad SMARTS) is 1. The maximum atomic E-state index is 12.9. The molecule has 1 aromatic heterocycles. The molecule has 5 heteroatoms. The average molecular weight is 328 g/mol. The topological polar surface area (TPSA) is 70.5 Å². The first-order valence-corrected chi connectivity index (χ1v) is 8.92. The van der Waals surface area contributed by atoms with E-state index in [1.165, 1.54) is 38.2 Å². The zero-order chi connectivity index (χ0) is 17.0. The first-order chi connectivity index (χ1) is 11.4. The lowest BCUT2D eigenvalue weighted by molar-refractivity contribution is -0.0492. The summed E-state index contributed by atoms with van der Waals surface area (Å²) in [6.07, 6.45) is 6.45. The van der Waals surface area contributed by atoms with Crippen molar-refractivity contribution in [3.05, 3.63) is 29.1 Å². The quantitative estimate of drug-likeness (QED) is 0.926. The van der Waals surface area contributed by atoms with Crippen LogP contribution >= 0.6 is 0 Å². The van der Waals surface area contributed by atoms with Crippen LogP contribution in [0, 0.1) is 30.6 Å². The summed E-state index contributed by atoms with van der Waals surface area (Å²) in [6, 6.07) is 3.36. The molecule has 1 aromatic rings. The van der Waals surface area contributed by atoms with Crippen molar-refractivity contribution in [1.82, 2.24) is 9.88 Å². The molecule has 1 amide bonds. The minimum atomic E-state index is -1.01. The highest BCUT2D eigenvalue weighted by molar-refractivity contribution is 5.94. The van der Waals surface area contributed by atoms with Gasteiger partial charge >= 0.3 is 5.97 Å². The van der Waals surface area contributed by atoms with Gasteiger partial charge in [0.05, 0.1) is 11.3 Å². The Labute approximate surface area is 142 Å². The van der Waals surface area contributed by atoms with Crippen molar-refractivity contribution in [3.63, 3.8) is 0 Å². The average Bonchev–Trinajstić information content (AvgIpc) is 2.52. The predicted octanol–water partition coefficient (Wildman–Crippen LogP) is 2.98. The Morgan fingerprint density at radius 2 is 1.67 bits per heavy atom. The van der Waals surface area contributed by atoms with Crippen LogP contribution in [0.2, 0.25) is 0 Å². The van der Waals surface area contributed by atoms with Crippen molar-refractivity contribution in [2.75, 3.05) is 7.05 Å². The van der Waals surface area contributed by atoms with Gasteiger partial charge in [0.1, 0.15) is 5.69 Å². The fourth-order valence-electron chi connectivity index (χ4n) is 5.75. The van der Waals surface area contributed by atoms with Crippen LogP contribution in [0.4, 0.5) is 0 Å². The number of carbonyl (C=O) groups is 2. The van der Waals surface area contributed by atoms with Gasteiger partial charge in [-0.1, -0.05) is 0 Å². The summed E-state index contributed by atoms with van der Waals surface area (Å²) in [5.74, 6) is 1.94. The number of amides is 1. The maximum Gasteiger partial charge on any atom is 0.337 e. The summed E-state index contributed by atoms with van der Waals surface area (Å²) in [7, 11) is 1.90. The number of hydrogen-bond donors (Lipinski definition) is 1. The summed E-state index contributed by atoms with van der Waals surface area (Å²) in [4.78, 5) is 30.2. The van der Waals surface area contributed by atoms with Crippen molar-refractivity contribution in [3.8, 4) is 0 Å². The van der Waals surface area contributed by atoms with E-state index in [2.05, 4.69) is 4.98 Å². The van der Waals surface area contributed by atoms with Crippen molar-refractivity contribution in [2.24, 2.45) is 23.7 Å². The SMILES string of the molecule is Cc1nc(C(=O)N(C)C2C3CC4CC(C3)CC2C4)ccc1C(=O)O. The molecule has 5 rings (SSSR count). The molecule has 0 radical (unpaired) electrons. The largest absolute Gasteiger partial charge is 0.478 e. The number of pyridine rings is 1. The number of rotatable bonds is 3. The van der Waals surface area contributed by atoms with Crippen LogP contribution in [-0.4, -0.2) is 40.0 Å². The van der Waals surface area contributed by atoms with Gasteiger partial charge in [-0.2, -0.15) is 0 Å². The third-order valence-electron chi connectivity index (χ3n) is 6.48. The molecular weight excluding hydrogens is 304 g/mol. The van der Waals surface area contributed by atoms with Gasteiger partial charge in [-0.3, -0.25) is 4.79 Å². The molecule has 4 fully saturated rings. The summed E-state index contributed by atoms with van der Waals surface area (Å²) >= 11 is 0. The van der Waals surface area contributed by atoms with E-state index in [0.717, 1.165) is 11.8 Å². The molecule has 0 unspecified atom stereocenters. The van der Waals surface area contributed by atoms with E-state index in [0.29, 0.717) is 29.3 Å². The fraction of sp³-hybridized carbons (Fsp3) is 0.632. The molecule has 24 heavy (non-hydrogen) atoms. The van der Waals surface area contributed by atoms with E-state index < -0.39 is 5.97 Å². The summed E-state index contributed by atoms with van der Waals surface area (Å²) < 4.78 is 0. The van der Waals surface area contributed by atoms with E-state index in [4.69, 9.17) is 5.11 Å². The van der Waals surface area contributed by atoms with Gasteiger partial charge in [0, 0.05) is 13.1 Å². The molecule has 1 N–H and O–H groups in total. The monoisotopic (exact) mass is 328 g/mol. The van der Waals surface area contributed by atoms with Gasteiger partial charge in [0.25, 0.3) is 5.91 Å². The van der Waals surface area contributed by atoms with E-state index in [9.17, 15) is 9.59 Å². The lowest BCUT2D eigenvalue weighted by Crippen LogP contribution is -2.56. The number of aryl methyl sites for hydroxylation is 1. The second-order valence-corrected chi connectivity index (χ2v) is 7.97. The Bertz CT molecular complexity index is 672. The molecule has 1 heterocycles. The molecule has 0 saturated heterocycles. The number of carboxylic acids is 1. The molecule has 0 spiro atoms. The minimum Gasteiger partial charge on any atom is -0.478 e. The van der Waals surface area contributed by atoms with E-state index in [1.807, 2.05) is 11.9 Å². The standard InChI is InChI=1S/C19H24N2O3/c1-10-15(19(23)24)3-4-16(20-10)18(22)21(2)17-13-6-11-5-12(8-13)9-14(17)7-11/h3-4,11-14,17H,5-9H2,1-2H3,(H,23,24). The number of carbonyl (C=O) groups excluding carboxylic acids is 1. The highest BCUT2D eigenvalue weighted by Gasteiger charge is 2.50. The van der Waals surface area contributed by atoms with E-state index in [-0.39, 0.29) is 11.5 Å². The normalized spacial score (nSPS) is 33.5. The second-order valence-electron chi connectivity index (χ2n) is 7.97. The molecule has 0 aliphatic heterocycles. The van der Waals surface area contributed by atoms with Gasteiger partial charge in [0.15, 0.2) is 0 Å². The van der Waals surface area contributed by atoms with Gasteiger partial charge in [0.2, 0.25) is 0 Å². The zero-order valence-electron chi connectivity index (χ0n) is 14.2. The Morgan fingerprint density at radius 1 is 1.08 bits per heavy atom. The minimum absolute atomic E-state index is 0.0764. The van der Waals surface area contributed by atoms with Gasteiger partial charge < -0.3 is 10.0 Å². The van der Waals surface area contributed by atoms with Crippen LogP contribution in [0.1, 0.15) is 58.6 Å². The van der Waals surface area contributed by atoms with Gasteiger partial charge in [-0.05, 0) is 74.8 Å². The van der Waals surface area contributed by atoms with Gasteiger partial charge in [-0.15, -0.1) is 0 Å². The Morgan fingerprint density at radius 3 is 2.17 bits per heavy atom. The third-order valence-corrected chi connectivity index (χ3v) is 6.48. The van der Waals surface area contributed by atoms with Crippen LogP contribution in [0.15, 0.2) is 12.1 Å². The molecular formula is C19H24N2O3.